The third kappa shape index (κ3) is 38.6. The van der Waals surface area contributed by atoms with Gasteiger partial charge in [-0.15, -0.1) is 6.58 Å². The maximum absolute atomic E-state index is 7.56. The van der Waals surface area contributed by atoms with Gasteiger partial charge < -0.3 is 15.0 Å². The van der Waals surface area contributed by atoms with Gasteiger partial charge in [0.1, 0.15) is 9.28 Å². The van der Waals surface area contributed by atoms with Crippen LogP contribution in [0, 0.1) is 0 Å². The summed E-state index contributed by atoms with van der Waals surface area (Å²) in [6, 6.07) is 0. The van der Waals surface area contributed by atoms with Crippen molar-refractivity contribution in [1.82, 2.24) is 0 Å². The summed E-state index contributed by atoms with van der Waals surface area (Å²) in [7, 11) is 1.80. The van der Waals surface area contributed by atoms with E-state index in [-0.39, 0.29) is 19.0 Å². The van der Waals surface area contributed by atoms with Gasteiger partial charge in [-0.2, -0.15) is 0 Å². The van der Waals surface area contributed by atoms with Crippen LogP contribution in [0.15, 0.2) is 12.3 Å². The standard InChI is InChI=1S/C2H12OSi4.CH3NOS/c1-2-5-3-6-7-4;2-1(3)4/h2H,1,5-7H2,4H3;(H3,2,3,4). The molecule has 0 fully saturated rings. The molecule has 0 aliphatic carbocycles. The van der Waals surface area contributed by atoms with Crippen molar-refractivity contribution in [2.45, 2.75) is 0 Å². The molecule has 3 nitrogen and oxygen atoms in total. The van der Waals surface area contributed by atoms with E-state index in [4.69, 9.17) is 9.22 Å². The van der Waals surface area contributed by atoms with Crippen LogP contribution in [0.1, 0.15) is 0 Å². The van der Waals surface area contributed by atoms with Crippen molar-refractivity contribution in [2.75, 3.05) is 0 Å². The van der Waals surface area contributed by atoms with Gasteiger partial charge in [-0.25, -0.2) is 0 Å². The number of aliphatic hydroxyl groups is 1. The minimum absolute atomic E-state index is 0.102. The van der Waals surface area contributed by atoms with Crippen molar-refractivity contribution in [1.29, 1.82) is 0 Å². The zero-order valence-electron chi connectivity index (χ0n) is 6.75. The topological polar surface area (TPSA) is 55.5 Å². The molecular formula is C3H15NO2SSi4. The van der Waals surface area contributed by atoms with Crippen molar-refractivity contribution in [3.05, 3.63) is 12.3 Å². The van der Waals surface area contributed by atoms with Crippen LogP contribution in [0.5, 0.6) is 0 Å². The molecule has 0 spiro atoms. The van der Waals surface area contributed by atoms with E-state index in [1.165, 1.54) is 9.76 Å². The Bertz CT molecular complexity index is 110. The van der Waals surface area contributed by atoms with Crippen LogP contribution >= 0.6 is 12.2 Å². The summed E-state index contributed by atoms with van der Waals surface area (Å²) in [6.45, 7) is 3.62. The molecular weight excluding hydrogens is 226 g/mol. The van der Waals surface area contributed by atoms with E-state index in [9.17, 15) is 0 Å². The Kier molecular flexibility index (Phi) is 16.2. The highest BCUT2D eigenvalue weighted by Gasteiger charge is 1.78. The van der Waals surface area contributed by atoms with E-state index in [2.05, 4.69) is 24.5 Å². The zero-order valence-corrected chi connectivity index (χ0v) is 13.8. The van der Waals surface area contributed by atoms with Crippen molar-refractivity contribution in [3.63, 3.8) is 0 Å². The molecule has 0 heterocycles. The van der Waals surface area contributed by atoms with Crippen LogP contribution < -0.4 is 5.73 Å². The average molecular weight is 242 g/mol. The largest absolute Gasteiger partial charge is 0.487 e. The van der Waals surface area contributed by atoms with Crippen molar-refractivity contribution in [2.24, 2.45) is 5.73 Å². The van der Waals surface area contributed by atoms with Crippen LogP contribution in [0.4, 0.5) is 0 Å². The molecule has 0 radical (unpaired) electrons. The van der Waals surface area contributed by atoms with E-state index >= 15 is 0 Å². The summed E-state index contributed by atoms with van der Waals surface area (Å²) in [5.74, 6) is 0. The Balaban J connectivity index is 0. The molecule has 0 aliphatic rings. The maximum Gasteiger partial charge on any atom is 0.251 e. The van der Waals surface area contributed by atoms with Gasteiger partial charge in [0.25, 0.3) is 5.17 Å². The van der Waals surface area contributed by atoms with Gasteiger partial charge in [0.15, 0.2) is 9.76 Å². The number of rotatable bonds is 4. The first-order chi connectivity index (χ1) is 5.15. The number of thiocarbonyl (C=S) groups is 1. The van der Waals surface area contributed by atoms with Crippen LogP contribution in [-0.4, -0.2) is 47.6 Å². The third-order valence-corrected chi connectivity index (χ3v) is 10.8. The van der Waals surface area contributed by atoms with E-state index in [0.29, 0.717) is 8.55 Å². The lowest BCUT2D eigenvalue weighted by Crippen LogP contribution is -2.09. The second-order valence-electron chi connectivity index (χ2n) is 1.70. The quantitative estimate of drug-likeness (QED) is 0.304. The minimum Gasteiger partial charge on any atom is -0.487 e. The molecule has 0 saturated heterocycles. The first kappa shape index (κ1) is 13.8. The highest BCUT2D eigenvalue weighted by molar-refractivity contribution is 7.79. The fourth-order valence-corrected chi connectivity index (χ4v) is 14.7. The molecule has 0 saturated carbocycles. The van der Waals surface area contributed by atoms with Gasteiger partial charge in [-0.05, 0) is 22.0 Å². The lowest BCUT2D eigenvalue weighted by molar-refractivity contribution is 0.560. The first-order valence-corrected chi connectivity index (χ1v) is 15.4. The molecule has 0 rings (SSSR count). The Morgan fingerprint density at radius 2 is 2.27 bits per heavy atom. The maximum atomic E-state index is 7.56. The molecule has 0 atom stereocenters. The second kappa shape index (κ2) is 12.9. The molecule has 0 aromatic rings. The Morgan fingerprint density at radius 1 is 1.82 bits per heavy atom. The van der Waals surface area contributed by atoms with E-state index < -0.39 is 5.17 Å². The highest BCUT2D eigenvalue weighted by atomic mass is 32.1. The van der Waals surface area contributed by atoms with Crippen LogP contribution in [-0.2, 0) is 4.12 Å². The van der Waals surface area contributed by atoms with E-state index in [1.807, 2.05) is 5.70 Å². The zero-order chi connectivity index (χ0) is 9.11. The van der Waals surface area contributed by atoms with E-state index in [1.54, 1.807) is 0 Å². The van der Waals surface area contributed by atoms with Gasteiger partial charge in [0, 0.05) is 8.55 Å². The Hall–Kier alpha value is 0.258. The van der Waals surface area contributed by atoms with Crippen molar-refractivity contribution in [3.8, 4) is 0 Å². The molecule has 11 heavy (non-hydrogen) atoms. The summed E-state index contributed by atoms with van der Waals surface area (Å²) in [4.78, 5) is 0. The van der Waals surface area contributed by atoms with Gasteiger partial charge in [0.2, 0.25) is 0 Å². The van der Waals surface area contributed by atoms with Crippen LogP contribution in [0.2, 0.25) is 0 Å². The summed E-state index contributed by atoms with van der Waals surface area (Å²) >= 11 is 3.87. The Morgan fingerprint density at radius 3 is 2.55 bits per heavy atom. The summed E-state index contributed by atoms with van der Waals surface area (Å²) < 4.78 is 5.39. The van der Waals surface area contributed by atoms with Gasteiger partial charge >= 0.3 is 0 Å². The molecule has 0 aromatic heterocycles. The van der Waals surface area contributed by atoms with E-state index in [0.717, 1.165) is 0 Å². The fraction of sp³-hybridized carbons (Fsp3) is 0. The number of hydrogen-bond donors (Lipinski definition) is 2. The minimum atomic E-state index is -0.500. The highest BCUT2D eigenvalue weighted by Crippen LogP contribution is 1.61. The van der Waals surface area contributed by atoms with Crippen LogP contribution in [0.3, 0.4) is 0 Å². The molecule has 66 valence electrons. The summed E-state index contributed by atoms with van der Waals surface area (Å²) in [5, 5.41) is 7.06. The summed E-state index contributed by atoms with van der Waals surface area (Å²) in [6.07, 6.45) is 0. The fourth-order valence-electron chi connectivity index (χ4n) is 0.311. The normalized spacial score (nSPS) is 11.3. The van der Waals surface area contributed by atoms with Crippen molar-refractivity contribution >= 4 is 54.8 Å². The molecule has 0 bridgehead atoms. The number of nitrogens with two attached hydrogens (primary N) is 1. The van der Waals surface area contributed by atoms with Crippen molar-refractivity contribution < 1.29 is 9.22 Å². The number of hydrogen-bond acceptors (Lipinski definition) is 2. The molecule has 0 aliphatic heterocycles. The smallest absolute Gasteiger partial charge is 0.251 e. The van der Waals surface area contributed by atoms with Gasteiger partial charge in [-0.3, -0.25) is 0 Å². The van der Waals surface area contributed by atoms with Gasteiger partial charge in [-0.1, -0.05) is 5.70 Å². The summed E-state index contributed by atoms with van der Waals surface area (Å²) in [5.41, 5.74) is 6.37. The average Bonchev–Trinajstić information content (AvgIpc) is 1.88. The first-order valence-electron chi connectivity index (χ1n) is 3.32. The SMILES string of the molecule is C=C[SiH2]O[SiH2][SiH2][SiH3].NC(O)=S. The lowest BCUT2D eigenvalue weighted by atomic mass is 11.3. The predicted molar refractivity (Wildman–Crippen MR) is 66.3 cm³/mol. The second-order valence-corrected chi connectivity index (χ2v) is 19.3. The Labute approximate surface area is 82.1 Å². The van der Waals surface area contributed by atoms with Gasteiger partial charge in [0.05, 0.1) is 0 Å². The molecule has 8 heteroatoms. The lowest BCUT2D eigenvalue weighted by Gasteiger charge is -1.91. The molecule has 0 aromatic carbocycles. The monoisotopic (exact) mass is 241 g/mol. The third-order valence-electron chi connectivity index (χ3n) is 0.584. The molecule has 3 N–H and O–H groups in total. The predicted octanol–water partition coefficient (Wildman–Crippen LogP) is -3.53. The van der Waals surface area contributed by atoms with Crippen LogP contribution in [0.25, 0.3) is 0 Å². The molecule has 0 unspecified atom stereocenters. The number of aliphatic hydroxyl groups excluding tert-OH is 1. The molecule has 0 amide bonds.